The van der Waals surface area contributed by atoms with E-state index in [1.54, 1.807) is 0 Å². The van der Waals surface area contributed by atoms with Crippen LogP contribution in [0.2, 0.25) is 0 Å². The lowest BCUT2D eigenvalue weighted by Crippen LogP contribution is -2.67. The van der Waals surface area contributed by atoms with E-state index in [1.807, 2.05) is 0 Å². The van der Waals surface area contributed by atoms with Crippen molar-refractivity contribution in [3.05, 3.63) is 0 Å². The van der Waals surface area contributed by atoms with Crippen LogP contribution in [0.25, 0.3) is 0 Å². The average Bonchev–Trinajstić information content (AvgIpc) is 1.41. The molecule has 0 aliphatic heterocycles. The summed E-state index contributed by atoms with van der Waals surface area (Å²) < 4.78 is 0. The van der Waals surface area contributed by atoms with Gasteiger partial charge in [-0.15, -0.1) is 0 Å². The van der Waals surface area contributed by atoms with Gasteiger partial charge in [-0.1, -0.05) is 0 Å². The van der Waals surface area contributed by atoms with Crippen LogP contribution >= 0.6 is 0 Å². The zero-order valence-corrected chi connectivity index (χ0v) is 3.07. The molecule has 0 spiro atoms. The Labute approximate surface area is 31.2 Å². The zero-order chi connectivity index (χ0) is 4.12. The van der Waals surface area contributed by atoms with Crippen LogP contribution in [-0.4, -0.2) is 25.0 Å². The summed E-state index contributed by atoms with van der Waals surface area (Å²) >= 11 is 0. The van der Waals surface area contributed by atoms with Gasteiger partial charge < -0.3 is 5.11 Å². The van der Waals surface area contributed by atoms with Gasteiger partial charge in [0.25, 0.3) is 0 Å². The van der Waals surface area contributed by atoms with Crippen molar-refractivity contribution in [2.45, 2.75) is 0 Å². The summed E-state index contributed by atoms with van der Waals surface area (Å²) in [5, 5.41) is 7.96. The molecule has 0 heterocycles. The zero-order valence-electron chi connectivity index (χ0n) is 3.07. The van der Waals surface area contributed by atoms with Gasteiger partial charge in [-0.3, -0.25) is 4.99 Å². The first kappa shape index (κ1) is 4.63. The molecule has 0 rings (SSSR count). The van der Waals surface area contributed by atoms with E-state index in [4.69, 9.17) is 5.11 Å². The number of nitrogens with one attached hydrogen (secondary N) is 1. The van der Waals surface area contributed by atoms with Gasteiger partial charge in [-0.25, -0.2) is 0 Å². The van der Waals surface area contributed by atoms with Crippen molar-refractivity contribution in [2.24, 2.45) is 0 Å². The molecule has 0 fully saturated rings. The summed E-state index contributed by atoms with van der Waals surface area (Å²) in [6.45, 7) is 4.02. The summed E-state index contributed by atoms with van der Waals surface area (Å²) in [6, 6.07) is 0. The highest BCUT2D eigenvalue weighted by Gasteiger charge is 1.69. The van der Waals surface area contributed by atoms with Crippen LogP contribution in [0.1, 0.15) is 0 Å². The fourth-order valence-electron chi connectivity index (χ4n) is 0.0791. The predicted molar refractivity (Wildman–Crippen MR) is 20.0 cm³/mol. The fraction of sp³-hybridized carbons (Fsp3) is 0.667. The molecule has 2 N–H and O–H groups in total. The first-order valence-electron chi connectivity index (χ1n) is 1.52. The van der Waals surface area contributed by atoms with Gasteiger partial charge in [0, 0.05) is 0 Å². The SMILES string of the molecule is C=[NH+]CCO. The van der Waals surface area contributed by atoms with Crippen LogP contribution in [0.4, 0.5) is 0 Å². The van der Waals surface area contributed by atoms with Crippen LogP contribution in [-0.2, 0) is 0 Å². The highest BCUT2D eigenvalue weighted by Crippen LogP contribution is 1.29. The minimum absolute atomic E-state index is 0.170. The molecule has 0 bridgehead atoms. The third-order valence-corrected chi connectivity index (χ3v) is 0.289. The quantitative estimate of drug-likeness (QED) is 0.357. The van der Waals surface area contributed by atoms with Gasteiger partial charge in [0.1, 0.15) is 13.3 Å². The average molecular weight is 74.1 g/mol. The van der Waals surface area contributed by atoms with Crippen molar-refractivity contribution in [3.63, 3.8) is 0 Å². The molecule has 2 heteroatoms. The van der Waals surface area contributed by atoms with Gasteiger partial charge in [0.2, 0.25) is 0 Å². The van der Waals surface area contributed by atoms with Crippen molar-refractivity contribution in [3.8, 4) is 0 Å². The lowest BCUT2D eigenvalue weighted by Gasteiger charge is -1.69. The number of aliphatic hydroxyl groups excluding tert-OH is 1. The van der Waals surface area contributed by atoms with Crippen LogP contribution in [0, 0.1) is 0 Å². The monoisotopic (exact) mass is 74.1 g/mol. The molecule has 0 saturated carbocycles. The molecule has 0 amide bonds. The van der Waals surface area contributed by atoms with E-state index < -0.39 is 0 Å². The van der Waals surface area contributed by atoms with Crippen molar-refractivity contribution in [1.82, 2.24) is 0 Å². The summed E-state index contributed by atoms with van der Waals surface area (Å²) in [6.07, 6.45) is 0. The lowest BCUT2D eigenvalue weighted by atomic mass is 10.7. The summed E-state index contributed by atoms with van der Waals surface area (Å²) in [7, 11) is 0. The minimum atomic E-state index is 0.170. The van der Waals surface area contributed by atoms with Gasteiger partial charge in [0.15, 0.2) is 6.54 Å². The van der Waals surface area contributed by atoms with Crippen molar-refractivity contribution < 1.29 is 10.1 Å². The van der Waals surface area contributed by atoms with Crippen LogP contribution in [0.3, 0.4) is 0 Å². The third kappa shape index (κ3) is 3.63. The Morgan fingerprint density at radius 1 is 1.80 bits per heavy atom. The van der Waals surface area contributed by atoms with E-state index in [0.717, 1.165) is 0 Å². The fourth-order valence-corrected chi connectivity index (χ4v) is 0.0791. The molecule has 5 heavy (non-hydrogen) atoms. The molecule has 0 aliphatic carbocycles. The van der Waals surface area contributed by atoms with Crippen molar-refractivity contribution in [2.75, 3.05) is 13.2 Å². The second kappa shape index (κ2) is 3.63. The molecule has 0 radical (unpaired) electrons. The maximum Gasteiger partial charge on any atom is 0.163 e. The van der Waals surface area contributed by atoms with Gasteiger partial charge >= 0.3 is 0 Å². The number of aliphatic hydroxyl groups is 1. The molecule has 2 nitrogen and oxygen atoms in total. The molecule has 0 atom stereocenters. The topological polar surface area (TPSA) is 34.2 Å². The minimum Gasteiger partial charge on any atom is -0.390 e. The van der Waals surface area contributed by atoms with Crippen LogP contribution in [0.5, 0.6) is 0 Å². The van der Waals surface area contributed by atoms with E-state index in [1.165, 1.54) is 0 Å². The molecule has 0 unspecified atom stereocenters. The Morgan fingerprint density at radius 3 is 2.40 bits per heavy atom. The second-order valence-electron chi connectivity index (χ2n) is 0.724. The lowest BCUT2D eigenvalue weighted by molar-refractivity contribution is -0.450. The Hall–Kier alpha value is -0.370. The number of hydrogen-bond donors (Lipinski definition) is 2. The van der Waals surface area contributed by atoms with E-state index in [9.17, 15) is 0 Å². The summed E-state index contributed by atoms with van der Waals surface area (Å²) in [5.41, 5.74) is 0. The molecule has 0 aromatic heterocycles. The molecular formula is C3H8NO+. The van der Waals surface area contributed by atoms with Gasteiger partial charge in [0.05, 0.1) is 0 Å². The largest absolute Gasteiger partial charge is 0.390 e. The van der Waals surface area contributed by atoms with Crippen molar-refractivity contribution in [1.29, 1.82) is 0 Å². The van der Waals surface area contributed by atoms with Gasteiger partial charge in [-0.05, 0) is 0 Å². The Morgan fingerprint density at radius 2 is 2.40 bits per heavy atom. The Balaban J connectivity index is 2.40. The van der Waals surface area contributed by atoms with Crippen LogP contribution in [0.15, 0.2) is 0 Å². The first-order valence-corrected chi connectivity index (χ1v) is 1.52. The maximum absolute atomic E-state index is 7.96. The second-order valence-corrected chi connectivity index (χ2v) is 0.724. The third-order valence-electron chi connectivity index (χ3n) is 0.289. The van der Waals surface area contributed by atoms with E-state index in [2.05, 4.69) is 11.7 Å². The normalized spacial score (nSPS) is 7.40. The van der Waals surface area contributed by atoms with Crippen molar-refractivity contribution >= 4 is 6.72 Å². The Kier molecular flexibility index (Phi) is 3.36. The van der Waals surface area contributed by atoms with E-state index in [-0.39, 0.29) is 6.61 Å². The molecule has 0 aliphatic rings. The smallest absolute Gasteiger partial charge is 0.163 e. The molecule has 0 aromatic rings. The molecule has 0 aromatic carbocycles. The van der Waals surface area contributed by atoms with E-state index >= 15 is 0 Å². The maximum atomic E-state index is 7.96. The number of rotatable bonds is 2. The standard InChI is InChI=1S/C3H7NO/c1-4-2-3-5/h5H,1-3H2/p+1. The van der Waals surface area contributed by atoms with Gasteiger partial charge in [-0.2, -0.15) is 0 Å². The Bertz CT molecular complexity index is 28.1. The highest BCUT2D eigenvalue weighted by atomic mass is 16.3. The molecular weight excluding hydrogens is 66.0 g/mol. The molecule has 0 saturated heterocycles. The molecule has 30 valence electrons. The first-order chi connectivity index (χ1) is 2.41. The summed E-state index contributed by atoms with van der Waals surface area (Å²) in [4.78, 5) is 2.52. The van der Waals surface area contributed by atoms with E-state index in [0.29, 0.717) is 6.54 Å². The summed E-state index contributed by atoms with van der Waals surface area (Å²) in [5.74, 6) is 0. The number of hydrogen-bond acceptors (Lipinski definition) is 1. The highest BCUT2D eigenvalue weighted by molar-refractivity contribution is 5.12. The van der Waals surface area contributed by atoms with Crippen LogP contribution < -0.4 is 4.99 Å². The predicted octanol–water partition coefficient (Wildman–Crippen LogP) is -2.24.